The number of rotatable bonds is 3. The topological polar surface area (TPSA) is 46.6 Å². The van der Waals surface area contributed by atoms with Crippen LogP contribution in [0.25, 0.3) is 0 Å². The third-order valence-electron chi connectivity index (χ3n) is 2.40. The first-order chi connectivity index (χ1) is 8.38. The first-order valence-corrected chi connectivity index (χ1v) is 6.27. The van der Waals surface area contributed by atoms with E-state index < -0.39 is 5.97 Å². The summed E-state index contributed by atoms with van der Waals surface area (Å²) in [4.78, 5) is 24.7. The van der Waals surface area contributed by atoms with Crippen molar-refractivity contribution in [3.63, 3.8) is 0 Å². The van der Waals surface area contributed by atoms with Crippen LogP contribution in [0.15, 0.2) is 30.4 Å². The maximum absolute atomic E-state index is 11.8. The summed E-state index contributed by atoms with van der Waals surface area (Å²) in [6, 6.07) is 5.03. The molecule has 96 valence electrons. The van der Waals surface area contributed by atoms with Crippen LogP contribution in [0.5, 0.6) is 0 Å². The summed E-state index contributed by atoms with van der Waals surface area (Å²) in [5, 5.41) is 0. The molecule has 0 unspecified atom stereocenters. The summed E-state index contributed by atoms with van der Waals surface area (Å²) in [6.45, 7) is 5.28. The number of anilines is 1. The van der Waals surface area contributed by atoms with Gasteiger partial charge in [-0.1, -0.05) is 6.58 Å². The number of halogens is 1. The van der Waals surface area contributed by atoms with E-state index in [2.05, 4.69) is 33.9 Å². The maximum Gasteiger partial charge on any atom is 0.337 e. The van der Waals surface area contributed by atoms with Gasteiger partial charge in [-0.05, 0) is 47.7 Å². The average Bonchev–Trinajstić information content (AvgIpc) is 2.35. The normalized spacial score (nSPS) is 9.78. The lowest BCUT2D eigenvalue weighted by Crippen LogP contribution is -2.27. The average molecular weight is 359 g/mol. The number of nitrogens with zero attached hydrogens (tertiary/aromatic N) is 1. The molecule has 0 atom stereocenters. The summed E-state index contributed by atoms with van der Waals surface area (Å²) in [5.74, 6) is -0.549. The van der Waals surface area contributed by atoms with Gasteiger partial charge in [0.05, 0.1) is 18.4 Å². The van der Waals surface area contributed by atoms with Gasteiger partial charge < -0.3 is 9.64 Å². The molecule has 0 bridgehead atoms. The minimum atomic E-state index is -0.395. The molecule has 0 radical (unpaired) electrons. The lowest BCUT2D eigenvalue weighted by atomic mass is 10.2. The lowest BCUT2D eigenvalue weighted by Gasteiger charge is -2.19. The number of carbonyl (C=O) groups is 2. The molecule has 0 aliphatic rings. The van der Waals surface area contributed by atoms with Crippen LogP contribution in [0.1, 0.15) is 17.3 Å². The van der Waals surface area contributed by atoms with E-state index in [9.17, 15) is 9.59 Å². The molecule has 0 fully saturated rings. The fourth-order valence-corrected chi connectivity index (χ4v) is 2.30. The van der Waals surface area contributed by atoms with Crippen molar-refractivity contribution >= 4 is 40.2 Å². The number of amides is 1. The van der Waals surface area contributed by atoms with Crippen molar-refractivity contribution in [2.75, 3.05) is 19.1 Å². The zero-order valence-electron chi connectivity index (χ0n) is 10.5. The highest BCUT2D eigenvalue weighted by Gasteiger charge is 2.16. The molecule has 0 spiro atoms. The number of hydrogen-bond donors (Lipinski definition) is 0. The number of hydrogen-bond acceptors (Lipinski definition) is 3. The molecule has 1 aromatic rings. The van der Waals surface area contributed by atoms with E-state index in [0.29, 0.717) is 11.1 Å². The minimum absolute atomic E-state index is 0.154. The van der Waals surface area contributed by atoms with Gasteiger partial charge in [0, 0.05) is 16.2 Å². The fraction of sp³-hybridized carbons (Fsp3) is 0.231. The van der Waals surface area contributed by atoms with Crippen molar-refractivity contribution < 1.29 is 14.3 Å². The molecule has 4 nitrogen and oxygen atoms in total. The van der Waals surface area contributed by atoms with E-state index in [-0.39, 0.29) is 5.91 Å². The molecule has 1 rings (SSSR count). The highest BCUT2D eigenvalue weighted by molar-refractivity contribution is 14.1. The highest BCUT2D eigenvalue weighted by Crippen LogP contribution is 2.24. The quantitative estimate of drug-likeness (QED) is 0.474. The minimum Gasteiger partial charge on any atom is -0.465 e. The van der Waals surface area contributed by atoms with Crippen LogP contribution in [0.3, 0.4) is 0 Å². The summed E-state index contributed by atoms with van der Waals surface area (Å²) in [5.41, 5.74) is 1.66. The number of esters is 1. The molecule has 5 heteroatoms. The van der Waals surface area contributed by atoms with Gasteiger partial charge in [0.25, 0.3) is 5.91 Å². The second-order valence-electron chi connectivity index (χ2n) is 3.80. The molecule has 0 N–H and O–H groups in total. The van der Waals surface area contributed by atoms with E-state index in [1.807, 2.05) is 0 Å². The molecule has 0 aliphatic carbocycles. The summed E-state index contributed by atoms with van der Waals surface area (Å²) >= 11 is 2.08. The number of benzene rings is 1. The first-order valence-electron chi connectivity index (χ1n) is 5.20. The number of ether oxygens (including phenoxy) is 1. The van der Waals surface area contributed by atoms with Crippen molar-refractivity contribution in [3.8, 4) is 0 Å². The second-order valence-corrected chi connectivity index (χ2v) is 4.96. The van der Waals surface area contributed by atoms with Crippen molar-refractivity contribution in [3.05, 3.63) is 39.5 Å². The number of likely N-dealkylation sites (N-methyl/N-ethyl adjacent to an activating group) is 1. The molecule has 0 aliphatic heterocycles. The Balaban J connectivity index is 3.10. The van der Waals surface area contributed by atoms with E-state index in [0.717, 1.165) is 9.26 Å². The number of carbonyl (C=O) groups excluding carboxylic acids is 2. The number of methoxy groups -OCH3 is 1. The standard InChI is InChI=1S/C13H14INO3/c1-8(2)12(16)15(3)11-6-5-9(7-10(11)14)13(17)18-4/h5-7H,1H2,2-4H3. The maximum atomic E-state index is 11.8. The second kappa shape index (κ2) is 5.99. The van der Waals surface area contributed by atoms with Gasteiger partial charge in [0.15, 0.2) is 0 Å². The van der Waals surface area contributed by atoms with Gasteiger partial charge in [0.1, 0.15) is 0 Å². The van der Waals surface area contributed by atoms with Gasteiger partial charge in [-0.25, -0.2) is 4.79 Å². The van der Waals surface area contributed by atoms with Crippen molar-refractivity contribution in [2.45, 2.75) is 6.92 Å². The zero-order chi connectivity index (χ0) is 13.9. The predicted molar refractivity (Wildman–Crippen MR) is 78.7 cm³/mol. The summed E-state index contributed by atoms with van der Waals surface area (Å²) in [6.07, 6.45) is 0. The monoisotopic (exact) mass is 359 g/mol. The Morgan fingerprint density at radius 2 is 2.00 bits per heavy atom. The van der Waals surface area contributed by atoms with E-state index in [4.69, 9.17) is 0 Å². The first kappa shape index (κ1) is 14.7. The molecule has 0 aromatic heterocycles. The van der Waals surface area contributed by atoms with Gasteiger partial charge in [-0.15, -0.1) is 0 Å². The Morgan fingerprint density at radius 1 is 1.39 bits per heavy atom. The van der Waals surface area contributed by atoms with E-state index >= 15 is 0 Å². The Bertz CT molecular complexity index is 511. The molecular weight excluding hydrogens is 345 g/mol. The van der Waals surface area contributed by atoms with Gasteiger partial charge in [0.2, 0.25) is 0 Å². The SMILES string of the molecule is C=C(C)C(=O)N(C)c1ccc(C(=O)OC)cc1I. The van der Waals surface area contributed by atoms with Crippen LogP contribution >= 0.6 is 22.6 Å². The van der Waals surface area contributed by atoms with E-state index in [1.165, 1.54) is 12.0 Å². The zero-order valence-corrected chi connectivity index (χ0v) is 12.6. The molecule has 1 aromatic carbocycles. The van der Waals surface area contributed by atoms with Crippen LogP contribution in [0.2, 0.25) is 0 Å². The predicted octanol–water partition coefficient (Wildman–Crippen LogP) is 2.62. The van der Waals surface area contributed by atoms with Crippen LogP contribution in [-0.4, -0.2) is 26.0 Å². The van der Waals surface area contributed by atoms with Crippen LogP contribution < -0.4 is 4.90 Å². The van der Waals surface area contributed by atoms with Crippen molar-refractivity contribution in [1.29, 1.82) is 0 Å². The Kier molecular flexibility index (Phi) is 4.89. The van der Waals surface area contributed by atoms with Crippen LogP contribution in [0.4, 0.5) is 5.69 Å². The summed E-state index contributed by atoms with van der Waals surface area (Å²) < 4.78 is 5.44. The molecule has 0 saturated heterocycles. The third kappa shape index (κ3) is 3.10. The highest BCUT2D eigenvalue weighted by atomic mass is 127. The van der Waals surface area contributed by atoms with Gasteiger partial charge in [-0.3, -0.25) is 4.79 Å². The molecule has 18 heavy (non-hydrogen) atoms. The van der Waals surface area contributed by atoms with Crippen LogP contribution in [0, 0.1) is 3.57 Å². The Morgan fingerprint density at radius 3 is 2.44 bits per heavy atom. The molecule has 0 heterocycles. The van der Waals surface area contributed by atoms with Gasteiger partial charge >= 0.3 is 5.97 Å². The van der Waals surface area contributed by atoms with Crippen LogP contribution in [-0.2, 0) is 9.53 Å². The summed E-state index contributed by atoms with van der Waals surface area (Å²) in [7, 11) is 3.01. The largest absolute Gasteiger partial charge is 0.465 e. The fourth-order valence-electron chi connectivity index (χ4n) is 1.42. The van der Waals surface area contributed by atoms with Gasteiger partial charge in [-0.2, -0.15) is 0 Å². The van der Waals surface area contributed by atoms with E-state index in [1.54, 1.807) is 32.2 Å². The smallest absolute Gasteiger partial charge is 0.337 e. The lowest BCUT2D eigenvalue weighted by molar-refractivity contribution is -0.114. The molecule has 0 saturated carbocycles. The van der Waals surface area contributed by atoms with Crippen molar-refractivity contribution in [2.24, 2.45) is 0 Å². The Labute approximate surface area is 120 Å². The molecule has 1 amide bonds. The Hall–Kier alpha value is -1.37. The van der Waals surface area contributed by atoms with Crippen molar-refractivity contribution in [1.82, 2.24) is 0 Å². The molecular formula is C13H14INO3. The third-order valence-corrected chi connectivity index (χ3v) is 3.26.